The van der Waals surface area contributed by atoms with Gasteiger partial charge < -0.3 is 5.32 Å². The van der Waals surface area contributed by atoms with Crippen LogP contribution < -0.4 is 9.62 Å². The molecule has 3 aromatic carbocycles. The van der Waals surface area contributed by atoms with Crippen molar-refractivity contribution in [2.24, 2.45) is 0 Å². The van der Waals surface area contributed by atoms with Crippen molar-refractivity contribution < 1.29 is 17.6 Å². The highest BCUT2D eigenvalue weighted by molar-refractivity contribution is 7.92. The summed E-state index contributed by atoms with van der Waals surface area (Å²) in [6.45, 7) is -0.0907. The van der Waals surface area contributed by atoms with Gasteiger partial charge in [0.1, 0.15) is 12.4 Å². The number of anilines is 1. The normalized spacial score (nSPS) is 11.1. The van der Waals surface area contributed by atoms with Crippen molar-refractivity contribution in [1.29, 1.82) is 0 Å². The third-order valence-corrected chi connectivity index (χ3v) is 6.42. The number of sulfonamides is 1. The lowest BCUT2D eigenvalue weighted by atomic mass is 10.1. The van der Waals surface area contributed by atoms with Crippen LogP contribution in [0.15, 0.2) is 83.8 Å². The van der Waals surface area contributed by atoms with Gasteiger partial charge in [-0.3, -0.25) is 9.10 Å². The van der Waals surface area contributed by atoms with E-state index in [9.17, 15) is 17.6 Å². The lowest BCUT2D eigenvalue weighted by Crippen LogP contribution is -2.41. The summed E-state index contributed by atoms with van der Waals surface area (Å²) < 4.78 is 40.3. The molecule has 1 amide bonds. The first kappa shape index (κ1) is 21.8. The highest BCUT2D eigenvalue weighted by Crippen LogP contribution is 2.25. The van der Waals surface area contributed by atoms with Crippen LogP contribution in [0.2, 0.25) is 5.02 Å². The molecule has 0 fully saturated rings. The van der Waals surface area contributed by atoms with Crippen LogP contribution in [0.5, 0.6) is 0 Å². The average molecular weight is 447 g/mol. The maximum Gasteiger partial charge on any atom is 0.264 e. The van der Waals surface area contributed by atoms with Crippen LogP contribution in [0, 0.1) is 5.82 Å². The smallest absolute Gasteiger partial charge is 0.264 e. The van der Waals surface area contributed by atoms with Gasteiger partial charge in [-0.1, -0.05) is 41.9 Å². The summed E-state index contributed by atoms with van der Waals surface area (Å²) in [5, 5.41) is 3.17. The van der Waals surface area contributed by atoms with Crippen molar-refractivity contribution >= 4 is 33.2 Å². The number of hydrogen-bond donors (Lipinski definition) is 1. The lowest BCUT2D eigenvalue weighted by Gasteiger charge is -2.24. The Labute approximate surface area is 180 Å². The highest BCUT2D eigenvalue weighted by Gasteiger charge is 2.26. The fraction of sp³-hybridized carbons (Fsp3) is 0.136. The first-order valence-electron chi connectivity index (χ1n) is 9.21. The van der Waals surface area contributed by atoms with E-state index in [1.54, 1.807) is 54.6 Å². The zero-order chi connectivity index (χ0) is 21.6. The van der Waals surface area contributed by atoms with Crippen molar-refractivity contribution in [3.05, 3.63) is 95.3 Å². The fourth-order valence-corrected chi connectivity index (χ4v) is 4.39. The van der Waals surface area contributed by atoms with Crippen molar-refractivity contribution in [2.75, 3.05) is 17.4 Å². The van der Waals surface area contributed by atoms with E-state index in [1.807, 2.05) is 0 Å². The predicted molar refractivity (Wildman–Crippen MR) is 116 cm³/mol. The molecule has 0 bridgehead atoms. The third kappa shape index (κ3) is 5.58. The van der Waals surface area contributed by atoms with Crippen LogP contribution in [-0.4, -0.2) is 27.4 Å². The Balaban J connectivity index is 1.74. The number of rotatable bonds is 8. The van der Waals surface area contributed by atoms with Crippen molar-refractivity contribution in [3.63, 3.8) is 0 Å². The van der Waals surface area contributed by atoms with E-state index in [0.29, 0.717) is 23.7 Å². The number of halogens is 2. The van der Waals surface area contributed by atoms with Crippen LogP contribution >= 0.6 is 11.6 Å². The number of carbonyl (C=O) groups excluding carboxylic acids is 1. The molecule has 0 aliphatic carbocycles. The summed E-state index contributed by atoms with van der Waals surface area (Å²) in [7, 11) is -3.96. The SMILES string of the molecule is O=C(CN(c1ccc(Cl)cc1)S(=O)(=O)c1ccccc1)NCCc1ccc(F)cc1. The van der Waals surface area contributed by atoms with Crippen LogP contribution in [0.3, 0.4) is 0 Å². The monoisotopic (exact) mass is 446 g/mol. The molecule has 0 aromatic heterocycles. The molecule has 30 heavy (non-hydrogen) atoms. The minimum atomic E-state index is -3.96. The highest BCUT2D eigenvalue weighted by atomic mass is 35.5. The van der Waals surface area contributed by atoms with E-state index in [4.69, 9.17) is 11.6 Å². The Morgan fingerprint density at radius 2 is 1.57 bits per heavy atom. The predicted octanol–water partition coefficient (Wildman–Crippen LogP) is 4.03. The van der Waals surface area contributed by atoms with E-state index in [0.717, 1.165) is 9.87 Å². The van der Waals surface area contributed by atoms with Crippen molar-refractivity contribution in [3.8, 4) is 0 Å². The summed E-state index contributed by atoms with van der Waals surface area (Å²) in [6.07, 6.45) is 0.498. The van der Waals surface area contributed by atoms with E-state index in [-0.39, 0.29) is 17.3 Å². The largest absolute Gasteiger partial charge is 0.354 e. The zero-order valence-corrected chi connectivity index (χ0v) is 17.5. The Hall–Kier alpha value is -2.90. The van der Waals surface area contributed by atoms with Gasteiger partial charge in [-0.25, -0.2) is 12.8 Å². The average Bonchev–Trinajstić information content (AvgIpc) is 2.75. The maximum absolute atomic E-state index is 13.2. The quantitative estimate of drug-likeness (QED) is 0.568. The summed E-state index contributed by atoms with van der Waals surface area (Å²) in [5.41, 5.74) is 1.19. The summed E-state index contributed by atoms with van der Waals surface area (Å²) in [5.74, 6) is -0.779. The minimum absolute atomic E-state index is 0.0825. The lowest BCUT2D eigenvalue weighted by molar-refractivity contribution is -0.119. The topological polar surface area (TPSA) is 66.5 Å². The molecule has 156 valence electrons. The standard InChI is InChI=1S/C22H20ClFN2O3S/c23-18-8-12-20(13-9-18)26(30(28,29)21-4-2-1-3-5-21)16-22(27)25-15-14-17-6-10-19(24)11-7-17/h1-13H,14-16H2,(H,25,27). The number of nitrogens with zero attached hydrogens (tertiary/aromatic N) is 1. The first-order chi connectivity index (χ1) is 14.4. The second kappa shape index (κ2) is 9.73. The van der Waals surface area contributed by atoms with Crippen LogP contribution in [-0.2, 0) is 21.2 Å². The van der Waals surface area contributed by atoms with Crippen LogP contribution in [0.1, 0.15) is 5.56 Å². The molecule has 8 heteroatoms. The van der Waals surface area contributed by atoms with Gasteiger partial charge in [-0.05, 0) is 60.5 Å². The Kier molecular flexibility index (Phi) is 7.07. The van der Waals surface area contributed by atoms with E-state index < -0.39 is 15.9 Å². The van der Waals surface area contributed by atoms with Gasteiger partial charge in [0.05, 0.1) is 10.6 Å². The fourth-order valence-electron chi connectivity index (χ4n) is 2.83. The Morgan fingerprint density at radius 1 is 0.933 bits per heavy atom. The summed E-state index contributed by atoms with van der Waals surface area (Å²) in [6, 6.07) is 20.1. The van der Waals surface area contributed by atoms with Gasteiger partial charge in [0.2, 0.25) is 5.91 Å². The zero-order valence-electron chi connectivity index (χ0n) is 16.0. The number of benzene rings is 3. The molecule has 0 aliphatic rings. The number of amides is 1. The van der Waals surface area contributed by atoms with Crippen molar-refractivity contribution in [1.82, 2.24) is 5.32 Å². The molecule has 0 saturated carbocycles. The maximum atomic E-state index is 13.2. The van der Waals surface area contributed by atoms with Gasteiger partial charge in [-0.15, -0.1) is 0 Å². The van der Waals surface area contributed by atoms with Gasteiger partial charge in [0.15, 0.2) is 0 Å². The first-order valence-corrected chi connectivity index (χ1v) is 11.0. The van der Waals surface area contributed by atoms with E-state index >= 15 is 0 Å². The van der Waals surface area contributed by atoms with Gasteiger partial charge in [0, 0.05) is 11.6 Å². The summed E-state index contributed by atoms with van der Waals surface area (Å²) in [4.78, 5) is 12.6. The van der Waals surface area contributed by atoms with Crippen molar-refractivity contribution in [2.45, 2.75) is 11.3 Å². The van der Waals surface area contributed by atoms with Gasteiger partial charge in [-0.2, -0.15) is 0 Å². The second-order valence-electron chi connectivity index (χ2n) is 6.53. The molecule has 0 saturated heterocycles. The Morgan fingerprint density at radius 3 is 2.20 bits per heavy atom. The van der Waals surface area contributed by atoms with E-state index in [1.165, 1.54) is 24.3 Å². The number of nitrogens with one attached hydrogen (secondary N) is 1. The van der Waals surface area contributed by atoms with Crippen LogP contribution in [0.25, 0.3) is 0 Å². The number of hydrogen-bond acceptors (Lipinski definition) is 3. The molecule has 0 aliphatic heterocycles. The molecule has 3 aromatic rings. The van der Waals surface area contributed by atoms with Gasteiger partial charge >= 0.3 is 0 Å². The molecular weight excluding hydrogens is 427 g/mol. The molecule has 1 N–H and O–H groups in total. The minimum Gasteiger partial charge on any atom is -0.354 e. The molecule has 0 spiro atoms. The molecule has 0 radical (unpaired) electrons. The number of carbonyl (C=O) groups is 1. The summed E-state index contributed by atoms with van der Waals surface area (Å²) >= 11 is 5.92. The third-order valence-electron chi connectivity index (χ3n) is 4.38. The Bertz CT molecular complexity index is 1090. The van der Waals surface area contributed by atoms with Crippen LogP contribution in [0.4, 0.5) is 10.1 Å². The molecule has 0 unspecified atom stereocenters. The molecule has 3 rings (SSSR count). The molecule has 0 heterocycles. The molecular formula is C22H20ClFN2O3S. The second-order valence-corrected chi connectivity index (χ2v) is 8.83. The van der Waals surface area contributed by atoms with Gasteiger partial charge in [0.25, 0.3) is 10.0 Å². The molecule has 0 atom stereocenters. The van der Waals surface area contributed by atoms with E-state index in [2.05, 4.69) is 5.32 Å². The molecule has 5 nitrogen and oxygen atoms in total.